The quantitative estimate of drug-likeness (QED) is 0.773. The average molecular weight is 397 g/mol. The van der Waals surface area contributed by atoms with E-state index in [0.717, 1.165) is 37.9 Å². The van der Waals surface area contributed by atoms with Gasteiger partial charge >= 0.3 is 0 Å². The van der Waals surface area contributed by atoms with E-state index in [9.17, 15) is 9.90 Å². The highest BCUT2D eigenvalue weighted by atomic mass is 35.5. The number of rotatable bonds is 6. The first kappa shape index (κ1) is 20.2. The van der Waals surface area contributed by atoms with Crippen molar-refractivity contribution in [3.05, 3.63) is 22.2 Å². The normalized spacial score (nSPS) is 22.5. The molecule has 2 unspecified atom stereocenters. The van der Waals surface area contributed by atoms with Gasteiger partial charge in [-0.2, -0.15) is 0 Å². The van der Waals surface area contributed by atoms with Crippen LogP contribution < -0.4 is 14.8 Å². The molecule has 6 nitrogen and oxygen atoms in total. The van der Waals surface area contributed by atoms with Gasteiger partial charge in [0.25, 0.3) is 5.91 Å². The summed E-state index contributed by atoms with van der Waals surface area (Å²) in [5.74, 6) is 0.804. The second kappa shape index (κ2) is 9.13. The van der Waals surface area contributed by atoms with Gasteiger partial charge in [-0.15, -0.1) is 0 Å². The van der Waals surface area contributed by atoms with Crippen LogP contribution in [0.4, 0.5) is 0 Å². The summed E-state index contributed by atoms with van der Waals surface area (Å²) < 4.78 is 11.3. The van der Waals surface area contributed by atoms with Crippen LogP contribution in [0.2, 0.25) is 5.02 Å². The van der Waals surface area contributed by atoms with Crippen molar-refractivity contribution >= 4 is 17.5 Å². The lowest BCUT2D eigenvalue weighted by Crippen LogP contribution is -2.47. The topological polar surface area (TPSA) is 71.0 Å². The molecule has 1 aromatic carbocycles. The lowest BCUT2D eigenvalue weighted by atomic mass is 9.93. The van der Waals surface area contributed by atoms with Crippen molar-refractivity contribution in [3.63, 3.8) is 0 Å². The number of aliphatic hydroxyl groups excluding tert-OH is 1. The Morgan fingerprint density at radius 1 is 1.37 bits per heavy atom. The SMILES string of the molecule is CCCCN1CCC(CNC(=O)c2cc(Cl)c(C)c3c2OCCO3)C(O)C1. The van der Waals surface area contributed by atoms with Crippen LogP contribution in [0.3, 0.4) is 0 Å². The number of hydrogen-bond acceptors (Lipinski definition) is 5. The van der Waals surface area contributed by atoms with Crippen LogP contribution in [0.5, 0.6) is 11.5 Å². The maximum absolute atomic E-state index is 12.7. The third-order valence-corrected chi connectivity index (χ3v) is 5.79. The van der Waals surface area contributed by atoms with Crippen molar-refractivity contribution in [2.75, 3.05) is 39.4 Å². The molecule has 2 heterocycles. The van der Waals surface area contributed by atoms with Gasteiger partial charge in [-0.3, -0.25) is 4.79 Å². The fourth-order valence-corrected chi connectivity index (χ4v) is 3.86. The number of likely N-dealkylation sites (tertiary alicyclic amines) is 1. The molecule has 1 aromatic rings. The number of nitrogens with one attached hydrogen (secondary N) is 1. The predicted octanol–water partition coefficient (Wildman–Crippen LogP) is 2.63. The number of aliphatic hydroxyl groups is 1. The van der Waals surface area contributed by atoms with E-state index in [1.807, 2.05) is 6.92 Å². The highest BCUT2D eigenvalue weighted by Crippen LogP contribution is 2.40. The molecule has 150 valence electrons. The van der Waals surface area contributed by atoms with Gasteiger partial charge in [-0.25, -0.2) is 0 Å². The Labute approximate surface area is 165 Å². The minimum Gasteiger partial charge on any atom is -0.486 e. The smallest absolute Gasteiger partial charge is 0.255 e. The molecule has 2 aliphatic rings. The number of halogens is 1. The predicted molar refractivity (Wildman–Crippen MR) is 105 cm³/mol. The van der Waals surface area contributed by atoms with Crippen LogP contribution >= 0.6 is 11.6 Å². The molecule has 1 saturated heterocycles. The summed E-state index contributed by atoms with van der Waals surface area (Å²) in [7, 11) is 0. The van der Waals surface area contributed by atoms with E-state index in [1.54, 1.807) is 6.07 Å². The van der Waals surface area contributed by atoms with Crippen molar-refractivity contribution in [2.24, 2.45) is 5.92 Å². The minimum atomic E-state index is -0.425. The molecular weight excluding hydrogens is 368 g/mol. The number of carbonyl (C=O) groups excluding carboxylic acids is 1. The van der Waals surface area contributed by atoms with Crippen LogP contribution in [0.1, 0.15) is 42.1 Å². The number of amides is 1. The summed E-state index contributed by atoms with van der Waals surface area (Å²) >= 11 is 6.26. The zero-order chi connectivity index (χ0) is 19.4. The Bertz CT molecular complexity index is 682. The summed E-state index contributed by atoms with van der Waals surface area (Å²) in [6.07, 6.45) is 2.75. The van der Waals surface area contributed by atoms with E-state index >= 15 is 0 Å². The van der Waals surface area contributed by atoms with Gasteiger partial charge in [-0.05, 0) is 38.9 Å². The van der Waals surface area contributed by atoms with Crippen molar-refractivity contribution in [1.29, 1.82) is 0 Å². The molecule has 7 heteroatoms. The molecule has 2 aliphatic heterocycles. The molecule has 2 atom stereocenters. The lowest BCUT2D eigenvalue weighted by Gasteiger charge is -2.36. The summed E-state index contributed by atoms with van der Waals surface area (Å²) in [5.41, 5.74) is 1.16. The Hall–Kier alpha value is -1.50. The highest BCUT2D eigenvalue weighted by molar-refractivity contribution is 6.32. The number of piperidine rings is 1. The summed E-state index contributed by atoms with van der Waals surface area (Å²) in [4.78, 5) is 15.0. The molecule has 0 aromatic heterocycles. The van der Waals surface area contributed by atoms with Gasteiger partial charge in [0.15, 0.2) is 11.5 Å². The van der Waals surface area contributed by atoms with Gasteiger partial charge in [0.2, 0.25) is 0 Å². The number of nitrogens with zero attached hydrogens (tertiary/aromatic N) is 1. The zero-order valence-electron chi connectivity index (χ0n) is 16.1. The van der Waals surface area contributed by atoms with Crippen molar-refractivity contribution in [1.82, 2.24) is 10.2 Å². The molecule has 3 rings (SSSR count). The lowest BCUT2D eigenvalue weighted by molar-refractivity contribution is 0.0217. The number of benzene rings is 1. The second-order valence-corrected chi connectivity index (χ2v) is 7.77. The Balaban J connectivity index is 1.61. The summed E-state index contributed by atoms with van der Waals surface area (Å²) in [6, 6.07) is 1.63. The fraction of sp³-hybridized carbons (Fsp3) is 0.650. The van der Waals surface area contributed by atoms with E-state index in [0.29, 0.717) is 48.4 Å². The number of ether oxygens (including phenoxy) is 2. The van der Waals surface area contributed by atoms with E-state index < -0.39 is 6.10 Å². The molecule has 0 spiro atoms. The third-order valence-electron chi connectivity index (χ3n) is 5.40. The van der Waals surface area contributed by atoms with Crippen LogP contribution in [-0.4, -0.2) is 61.4 Å². The van der Waals surface area contributed by atoms with Crippen LogP contribution in [0, 0.1) is 12.8 Å². The molecule has 0 radical (unpaired) electrons. The van der Waals surface area contributed by atoms with E-state index in [-0.39, 0.29) is 11.8 Å². The summed E-state index contributed by atoms with van der Waals surface area (Å²) in [5, 5.41) is 13.9. The minimum absolute atomic E-state index is 0.0562. The largest absolute Gasteiger partial charge is 0.486 e. The van der Waals surface area contributed by atoms with E-state index in [2.05, 4.69) is 17.1 Å². The molecule has 1 fully saturated rings. The zero-order valence-corrected chi connectivity index (χ0v) is 16.8. The molecular formula is C20H29ClN2O4. The monoisotopic (exact) mass is 396 g/mol. The first-order valence-corrected chi connectivity index (χ1v) is 10.2. The van der Waals surface area contributed by atoms with Crippen LogP contribution in [-0.2, 0) is 0 Å². The van der Waals surface area contributed by atoms with Crippen molar-refractivity contribution < 1.29 is 19.4 Å². The first-order chi connectivity index (χ1) is 13.0. The molecule has 27 heavy (non-hydrogen) atoms. The number of β-amino-alcohol motifs (C(OH)–C–C–N with tert-alkyl or cyclic N) is 1. The summed E-state index contributed by atoms with van der Waals surface area (Å²) in [6.45, 7) is 7.95. The molecule has 1 amide bonds. The highest BCUT2D eigenvalue weighted by Gasteiger charge is 2.29. The molecule has 2 N–H and O–H groups in total. The molecule has 0 saturated carbocycles. The maximum atomic E-state index is 12.7. The van der Waals surface area contributed by atoms with Crippen molar-refractivity contribution in [2.45, 2.75) is 39.2 Å². The number of unbranched alkanes of at least 4 members (excludes halogenated alkanes) is 1. The molecule has 0 bridgehead atoms. The van der Waals surface area contributed by atoms with Gasteiger partial charge in [0.1, 0.15) is 13.2 Å². The fourth-order valence-electron chi connectivity index (χ4n) is 3.66. The second-order valence-electron chi connectivity index (χ2n) is 7.37. The van der Waals surface area contributed by atoms with Crippen LogP contribution in [0.15, 0.2) is 6.07 Å². The Kier molecular flexibility index (Phi) is 6.84. The number of fused-ring (bicyclic) bond motifs is 1. The van der Waals surface area contributed by atoms with E-state index in [1.165, 1.54) is 0 Å². The Morgan fingerprint density at radius 2 is 2.11 bits per heavy atom. The maximum Gasteiger partial charge on any atom is 0.255 e. The van der Waals surface area contributed by atoms with Gasteiger partial charge < -0.3 is 24.8 Å². The van der Waals surface area contributed by atoms with Gasteiger partial charge in [0.05, 0.1) is 11.7 Å². The third kappa shape index (κ3) is 4.68. The standard InChI is InChI=1S/C20H29ClN2O4/c1-3-4-6-23-7-5-14(17(24)12-23)11-22-20(25)15-10-16(21)13(2)18-19(15)27-9-8-26-18/h10,14,17,24H,3-9,11-12H2,1-2H3,(H,22,25). The van der Waals surface area contributed by atoms with Gasteiger partial charge in [-0.1, -0.05) is 24.9 Å². The Morgan fingerprint density at radius 3 is 2.81 bits per heavy atom. The first-order valence-electron chi connectivity index (χ1n) is 9.78. The van der Waals surface area contributed by atoms with Crippen LogP contribution in [0.25, 0.3) is 0 Å². The van der Waals surface area contributed by atoms with E-state index in [4.69, 9.17) is 21.1 Å². The molecule has 0 aliphatic carbocycles. The average Bonchev–Trinajstić information content (AvgIpc) is 2.68. The number of hydrogen-bond donors (Lipinski definition) is 2. The van der Waals surface area contributed by atoms with Crippen molar-refractivity contribution in [3.8, 4) is 11.5 Å². The van der Waals surface area contributed by atoms with Gasteiger partial charge in [0, 0.05) is 29.6 Å². The number of carbonyl (C=O) groups is 1.